The second-order valence-electron chi connectivity index (χ2n) is 22.4. The second kappa shape index (κ2) is 66.8. The monoisotopic (exact) mass is 1100 g/mol. The first-order valence-corrected chi connectivity index (χ1v) is 33.7. The number of hydrogen-bond donors (Lipinski definition) is 0. The standard InChI is InChI=1S/C73H126O6/c1-4-7-10-13-16-19-22-25-28-30-32-34-35-36-37-39-40-42-45-48-51-54-57-60-63-66-72(75)78-69-70(68-77-71(74)65-62-59-56-53-50-47-44-27-24-21-18-15-12-9-6-3)79-73(76)67-64-61-58-55-52-49-46-43-41-38-33-31-29-26-23-20-17-14-11-8-5-2/h7,10,16,19,23,25-26,28,31-34,36-37,41,43,70H,4-6,8-9,11-15,17-18,20-22,24,27,29-30,35,38-40,42,44-69H2,1-3H3/b10-7-,19-16-,26-23-,28-25-,33-31-,34-32-,37-36-,43-41-. The molecular weight excluding hydrogens is 973 g/mol. The zero-order valence-corrected chi connectivity index (χ0v) is 52.1. The van der Waals surface area contributed by atoms with Gasteiger partial charge in [0.1, 0.15) is 13.2 Å². The zero-order valence-electron chi connectivity index (χ0n) is 52.1. The summed E-state index contributed by atoms with van der Waals surface area (Å²) < 4.78 is 17.0. The zero-order chi connectivity index (χ0) is 57.1. The van der Waals surface area contributed by atoms with Crippen molar-refractivity contribution < 1.29 is 28.6 Å². The lowest BCUT2D eigenvalue weighted by atomic mass is 10.0. The van der Waals surface area contributed by atoms with E-state index in [1.165, 1.54) is 167 Å². The van der Waals surface area contributed by atoms with Gasteiger partial charge in [-0.1, -0.05) is 304 Å². The summed E-state index contributed by atoms with van der Waals surface area (Å²) in [6, 6.07) is 0. The second-order valence-corrected chi connectivity index (χ2v) is 22.4. The van der Waals surface area contributed by atoms with Crippen LogP contribution < -0.4 is 0 Å². The maximum atomic E-state index is 12.9. The number of esters is 3. The molecule has 0 heterocycles. The Bertz CT molecular complexity index is 1540. The molecule has 0 saturated heterocycles. The van der Waals surface area contributed by atoms with Gasteiger partial charge in [0.05, 0.1) is 0 Å². The van der Waals surface area contributed by atoms with Crippen LogP contribution in [0, 0.1) is 0 Å². The van der Waals surface area contributed by atoms with Crippen molar-refractivity contribution in [2.45, 2.75) is 335 Å². The van der Waals surface area contributed by atoms with Gasteiger partial charge in [0.2, 0.25) is 0 Å². The lowest BCUT2D eigenvalue weighted by molar-refractivity contribution is -0.167. The molecular formula is C73H126O6. The van der Waals surface area contributed by atoms with Gasteiger partial charge in [-0.2, -0.15) is 0 Å². The number of allylic oxidation sites excluding steroid dienone is 16. The van der Waals surface area contributed by atoms with Gasteiger partial charge >= 0.3 is 17.9 Å². The first kappa shape index (κ1) is 75.3. The highest BCUT2D eigenvalue weighted by molar-refractivity contribution is 5.71. The summed E-state index contributed by atoms with van der Waals surface area (Å²) in [5.41, 5.74) is 0. The summed E-state index contributed by atoms with van der Waals surface area (Å²) in [6.45, 7) is 6.54. The molecule has 0 aromatic rings. The molecule has 0 N–H and O–H groups in total. The Kier molecular flexibility index (Phi) is 63.7. The molecule has 6 heteroatoms. The third kappa shape index (κ3) is 65.0. The number of ether oxygens (including phenoxy) is 3. The Labute approximate surface area is 489 Å². The molecule has 0 radical (unpaired) electrons. The van der Waals surface area contributed by atoms with E-state index in [2.05, 4.69) is 118 Å². The Balaban J connectivity index is 4.38. The van der Waals surface area contributed by atoms with E-state index in [9.17, 15) is 14.4 Å². The molecule has 0 aliphatic rings. The minimum atomic E-state index is -0.788. The van der Waals surface area contributed by atoms with Crippen LogP contribution in [0.25, 0.3) is 0 Å². The lowest BCUT2D eigenvalue weighted by Crippen LogP contribution is -2.30. The topological polar surface area (TPSA) is 78.9 Å². The Morgan fingerprint density at radius 3 is 0.772 bits per heavy atom. The summed E-state index contributed by atoms with van der Waals surface area (Å²) in [7, 11) is 0. The molecule has 0 rings (SSSR count). The van der Waals surface area contributed by atoms with Crippen molar-refractivity contribution in [3.8, 4) is 0 Å². The Morgan fingerprint density at radius 2 is 0.494 bits per heavy atom. The van der Waals surface area contributed by atoms with Crippen LogP contribution in [-0.4, -0.2) is 37.2 Å². The van der Waals surface area contributed by atoms with Gasteiger partial charge in [0, 0.05) is 19.3 Å². The van der Waals surface area contributed by atoms with E-state index in [-0.39, 0.29) is 31.1 Å². The number of rotatable bonds is 61. The quantitative estimate of drug-likeness (QED) is 0.0261. The predicted octanol–water partition coefficient (Wildman–Crippen LogP) is 23.2. The van der Waals surface area contributed by atoms with Crippen molar-refractivity contribution >= 4 is 17.9 Å². The molecule has 454 valence electrons. The maximum absolute atomic E-state index is 12.9. The van der Waals surface area contributed by atoms with Crippen LogP contribution in [0.4, 0.5) is 0 Å². The molecule has 79 heavy (non-hydrogen) atoms. The van der Waals surface area contributed by atoms with Gasteiger partial charge in [-0.3, -0.25) is 14.4 Å². The first-order valence-electron chi connectivity index (χ1n) is 33.7. The van der Waals surface area contributed by atoms with Crippen LogP contribution in [0.2, 0.25) is 0 Å². The van der Waals surface area contributed by atoms with Gasteiger partial charge in [-0.05, 0) is 103 Å². The molecule has 6 nitrogen and oxygen atoms in total. The normalized spacial score (nSPS) is 12.7. The van der Waals surface area contributed by atoms with Gasteiger partial charge in [0.15, 0.2) is 6.10 Å². The number of hydrogen-bond acceptors (Lipinski definition) is 6. The smallest absolute Gasteiger partial charge is 0.306 e. The minimum absolute atomic E-state index is 0.0820. The van der Waals surface area contributed by atoms with Crippen LogP contribution in [0.1, 0.15) is 329 Å². The average molecular weight is 1100 g/mol. The van der Waals surface area contributed by atoms with E-state index in [0.29, 0.717) is 19.3 Å². The molecule has 0 bridgehead atoms. The fraction of sp³-hybridized carbons (Fsp3) is 0.740. The molecule has 1 unspecified atom stereocenters. The average Bonchev–Trinajstić information content (AvgIpc) is 3.45. The van der Waals surface area contributed by atoms with E-state index >= 15 is 0 Å². The highest BCUT2D eigenvalue weighted by Crippen LogP contribution is 2.17. The fourth-order valence-corrected chi connectivity index (χ4v) is 9.54. The van der Waals surface area contributed by atoms with Crippen LogP contribution in [0.3, 0.4) is 0 Å². The van der Waals surface area contributed by atoms with Crippen molar-refractivity contribution in [1.82, 2.24) is 0 Å². The van der Waals surface area contributed by atoms with E-state index < -0.39 is 6.10 Å². The first-order chi connectivity index (χ1) is 39.0. The summed E-state index contributed by atoms with van der Waals surface area (Å²) in [5, 5.41) is 0. The van der Waals surface area contributed by atoms with Crippen LogP contribution >= 0.6 is 0 Å². The SMILES string of the molecule is CC/C=C\C/C=C\C/C=C\C/C=C\C/C=C\CCCCCCCCCCCC(=O)OCC(COC(=O)CCCCCCCCCCCCCCCCC)OC(=O)CCCCCCCC/C=C\C/C=C\C/C=C\CCCCCCC. The number of unbranched alkanes of at least 4 members (excludes halogenated alkanes) is 34. The molecule has 0 aromatic heterocycles. The number of carbonyl (C=O) groups excluding carboxylic acids is 3. The molecule has 0 amide bonds. The lowest BCUT2D eigenvalue weighted by Gasteiger charge is -2.18. The van der Waals surface area contributed by atoms with E-state index in [0.717, 1.165) is 122 Å². The number of carbonyl (C=O) groups is 3. The highest BCUT2D eigenvalue weighted by atomic mass is 16.6. The van der Waals surface area contributed by atoms with Crippen LogP contribution in [0.5, 0.6) is 0 Å². The highest BCUT2D eigenvalue weighted by Gasteiger charge is 2.19. The van der Waals surface area contributed by atoms with Crippen LogP contribution in [-0.2, 0) is 28.6 Å². The van der Waals surface area contributed by atoms with Gasteiger partial charge in [-0.15, -0.1) is 0 Å². The van der Waals surface area contributed by atoms with Crippen molar-refractivity contribution in [3.63, 3.8) is 0 Å². The third-order valence-corrected chi connectivity index (χ3v) is 14.6. The Hall–Kier alpha value is -3.67. The molecule has 0 aliphatic carbocycles. The minimum Gasteiger partial charge on any atom is -0.462 e. The summed E-state index contributed by atoms with van der Waals surface area (Å²) in [4.78, 5) is 38.4. The molecule has 0 aliphatic heterocycles. The predicted molar refractivity (Wildman–Crippen MR) is 344 cm³/mol. The molecule has 0 spiro atoms. The van der Waals surface area contributed by atoms with Gasteiger partial charge < -0.3 is 14.2 Å². The molecule has 0 saturated carbocycles. The Morgan fingerprint density at radius 1 is 0.266 bits per heavy atom. The van der Waals surface area contributed by atoms with Crippen molar-refractivity contribution in [2.75, 3.05) is 13.2 Å². The molecule has 1 atom stereocenters. The van der Waals surface area contributed by atoms with Crippen molar-refractivity contribution in [1.29, 1.82) is 0 Å². The largest absolute Gasteiger partial charge is 0.462 e. The van der Waals surface area contributed by atoms with E-state index in [4.69, 9.17) is 14.2 Å². The summed E-state index contributed by atoms with van der Waals surface area (Å²) >= 11 is 0. The maximum Gasteiger partial charge on any atom is 0.306 e. The fourth-order valence-electron chi connectivity index (χ4n) is 9.54. The molecule has 0 aromatic carbocycles. The van der Waals surface area contributed by atoms with Gasteiger partial charge in [0.25, 0.3) is 0 Å². The third-order valence-electron chi connectivity index (χ3n) is 14.6. The van der Waals surface area contributed by atoms with Gasteiger partial charge in [-0.25, -0.2) is 0 Å². The van der Waals surface area contributed by atoms with Crippen molar-refractivity contribution in [2.24, 2.45) is 0 Å². The van der Waals surface area contributed by atoms with E-state index in [1.807, 2.05) is 0 Å². The van der Waals surface area contributed by atoms with Crippen molar-refractivity contribution in [3.05, 3.63) is 97.2 Å². The van der Waals surface area contributed by atoms with E-state index in [1.54, 1.807) is 0 Å². The summed E-state index contributed by atoms with van der Waals surface area (Å²) in [5.74, 6) is -0.886. The van der Waals surface area contributed by atoms with Crippen LogP contribution in [0.15, 0.2) is 97.2 Å². The molecule has 0 fully saturated rings. The summed E-state index contributed by atoms with van der Waals surface area (Å²) in [6.07, 6.45) is 89.8.